The van der Waals surface area contributed by atoms with Crippen LogP contribution in [-0.2, 0) is 17.8 Å². The molecule has 1 aliphatic carbocycles. The predicted octanol–water partition coefficient (Wildman–Crippen LogP) is 3.95. The van der Waals surface area contributed by atoms with Crippen molar-refractivity contribution in [2.24, 2.45) is 0 Å². The van der Waals surface area contributed by atoms with Gasteiger partial charge in [-0.25, -0.2) is 0 Å². The maximum Gasteiger partial charge on any atom is 0.231 e. The minimum absolute atomic E-state index is 0.127. The van der Waals surface area contributed by atoms with E-state index in [1.165, 1.54) is 12.8 Å². The number of nitrogens with zero attached hydrogens (tertiary/aromatic N) is 1. The first-order valence-corrected chi connectivity index (χ1v) is 10.1. The molecule has 4 rings (SSSR count). The monoisotopic (exact) mass is 397 g/mol. The number of carbonyl (C=O) groups is 1. The van der Waals surface area contributed by atoms with Crippen LogP contribution in [0.1, 0.15) is 36.8 Å². The number of benzene rings is 2. The maximum atomic E-state index is 13.3. The van der Waals surface area contributed by atoms with E-state index in [-0.39, 0.29) is 18.7 Å². The Kier molecular flexibility index (Phi) is 5.79. The smallest absolute Gasteiger partial charge is 0.231 e. The van der Waals surface area contributed by atoms with Crippen molar-refractivity contribution >= 4 is 5.91 Å². The third-order valence-corrected chi connectivity index (χ3v) is 5.68. The summed E-state index contributed by atoms with van der Waals surface area (Å²) in [5.74, 6) is 2.94. The molecule has 0 saturated heterocycles. The van der Waals surface area contributed by atoms with Crippen molar-refractivity contribution < 1.29 is 23.7 Å². The quantitative estimate of drug-likeness (QED) is 0.708. The Bertz CT molecular complexity index is 876. The van der Waals surface area contributed by atoms with Crippen LogP contribution >= 0.6 is 0 Å². The summed E-state index contributed by atoms with van der Waals surface area (Å²) in [4.78, 5) is 15.3. The van der Waals surface area contributed by atoms with Crippen molar-refractivity contribution in [2.45, 2.75) is 44.7 Å². The van der Waals surface area contributed by atoms with E-state index >= 15 is 0 Å². The summed E-state index contributed by atoms with van der Waals surface area (Å²) in [5.41, 5.74) is 1.98. The zero-order chi connectivity index (χ0) is 20.2. The Morgan fingerprint density at radius 1 is 0.966 bits per heavy atom. The molecule has 6 nitrogen and oxygen atoms in total. The summed E-state index contributed by atoms with van der Waals surface area (Å²) >= 11 is 0. The molecule has 2 aromatic carbocycles. The first-order valence-electron chi connectivity index (χ1n) is 10.1. The van der Waals surface area contributed by atoms with E-state index in [9.17, 15) is 4.79 Å². The van der Waals surface area contributed by atoms with Gasteiger partial charge in [0.25, 0.3) is 0 Å². The van der Waals surface area contributed by atoms with Crippen molar-refractivity contribution in [2.75, 3.05) is 21.0 Å². The molecule has 0 N–H and O–H groups in total. The molecule has 1 amide bonds. The van der Waals surface area contributed by atoms with Gasteiger partial charge in [0.1, 0.15) is 0 Å². The maximum absolute atomic E-state index is 13.3. The lowest BCUT2D eigenvalue weighted by Crippen LogP contribution is -2.39. The predicted molar refractivity (Wildman–Crippen MR) is 109 cm³/mol. The molecule has 6 heteroatoms. The van der Waals surface area contributed by atoms with Gasteiger partial charge in [0.15, 0.2) is 23.0 Å². The molecule has 0 unspecified atom stereocenters. The summed E-state index contributed by atoms with van der Waals surface area (Å²) in [6, 6.07) is 11.8. The fraction of sp³-hybridized carbons (Fsp3) is 0.435. The van der Waals surface area contributed by atoms with Gasteiger partial charge in [-0.2, -0.15) is 0 Å². The highest BCUT2D eigenvalue weighted by Gasteiger charge is 2.27. The van der Waals surface area contributed by atoms with Gasteiger partial charge >= 0.3 is 0 Å². The van der Waals surface area contributed by atoms with Crippen molar-refractivity contribution in [1.29, 1.82) is 0 Å². The van der Waals surface area contributed by atoms with Gasteiger partial charge in [-0.3, -0.25) is 4.79 Å². The normalized spacial score (nSPS) is 15.4. The summed E-state index contributed by atoms with van der Waals surface area (Å²) in [6.45, 7) is 0.830. The molecule has 0 atom stereocenters. The molecular weight excluding hydrogens is 370 g/mol. The molecule has 2 aliphatic rings. The van der Waals surface area contributed by atoms with Gasteiger partial charge in [0.05, 0.1) is 20.6 Å². The number of rotatable bonds is 7. The van der Waals surface area contributed by atoms with E-state index in [1.54, 1.807) is 14.2 Å². The van der Waals surface area contributed by atoms with Crippen LogP contribution in [-0.4, -0.2) is 37.9 Å². The second-order valence-electron chi connectivity index (χ2n) is 7.51. The summed E-state index contributed by atoms with van der Waals surface area (Å²) in [6.07, 6.45) is 4.80. The second-order valence-corrected chi connectivity index (χ2v) is 7.51. The van der Waals surface area contributed by atoms with Gasteiger partial charge in [-0.1, -0.05) is 25.0 Å². The molecule has 2 aromatic rings. The van der Waals surface area contributed by atoms with Crippen LogP contribution in [0, 0.1) is 0 Å². The third kappa shape index (κ3) is 4.26. The lowest BCUT2D eigenvalue weighted by atomic mass is 10.1. The molecule has 1 fully saturated rings. The molecule has 1 heterocycles. The second kappa shape index (κ2) is 8.64. The minimum atomic E-state index is 0.127. The van der Waals surface area contributed by atoms with Crippen molar-refractivity contribution in [3.8, 4) is 23.0 Å². The van der Waals surface area contributed by atoms with Gasteiger partial charge in [0.2, 0.25) is 12.7 Å². The van der Waals surface area contributed by atoms with Crippen LogP contribution in [0.25, 0.3) is 0 Å². The van der Waals surface area contributed by atoms with Crippen LogP contribution in [0.4, 0.5) is 0 Å². The summed E-state index contributed by atoms with van der Waals surface area (Å²) < 4.78 is 21.6. The molecule has 0 aromatic heterocycles. The number of hydrogen-bond acceptors (Lipinski definition) is 5. The molecule has 1 aliphatic heterocycles. The summed E-state index contributed by atoms with van der Waals surface area (Å²) in [7, 11) is 3.21. The lowest BCUT2D eigenvalue weighted by Gasteiger charge is -2.29. The fourth-order valence-corrected chi connectivity index (χ4v) is 4.14. The Morgan fingerprint density at radius 3 is 2.45 bits per heavy atom. The van der Waals surface area contributed by atoms with Crippen molar-refractivity contribution in [3.63, 3.8) is 0 Å². The Morgan fingerprint density at radius 2 is 1.69 bits per heavy atom. The summed E-state index contributed by atoms with van der Waals surface area (Å²) in [5, 5.41) is 0. The first-order chi connectivity index (χ1) is 14.2. The number of amides is 1. The zero-order valence-electron chi connectivity index (χ0n) is 17.0. The molecule has 29 heavy (non-hydrogen) atoms. The molecule has 0 bridgehead atoms. The molecule has 0 spiro atoms. The van der Waals surface area contributed by atoms with Crippen molar-refractivity contribution in [1.82, 2.24) is 4.90 Å². The highest BCUT2D eigenvalue weighted by molar-refractivity contribution is 5.79. The Hall–Kier alpha value is -2.89. The van der Waals surface area contributed by atoms with Gasteiger partial charge in [0, 0.05) is 12.6 Å². The van der Waals surface area contributed by atoms with Crippen LogP contribution < -0.4 is 18.9 Å². The fourth-order valence-electron chi connectivity index (χ4n) is 4.14. The third-order valence-electron chi connectivity index (χ3n) is 5.68. The number of hydrogen-bond donors (Lipinski definition) is 0. The van der Waals surface area contributed by atoms with Crippen LogP contribution in [0.2, 0.25) is 0 Å². The van der Waals surface area contributed by atoms with E-state index in [4.69, 9.17) is 18.9 Å². The first kappa shape index (κ1) is 19.4. The standard InChI is InChI=1S/C23H27NO5/c1-26-19-9-7-16(11-21(19)27-2)13-23(25)24(18-5-3-4-6-18)14-17-8-10-20-22(12-17)29-15-28-20/h7-12,18H,3-6,13-15H2,1-2H3. The molecule has 1 saturated carbocycles. The van der Waals surface area contributed by atoms with Crippen LogP contribution in [0.15, 0.2) is 36.4 Å². The Balaban J connectivity index is 1.52. The van der Waals surface area contributed by atoms with E-state index in [1.807, 2.05) is 41.3 Å². The topological polar surface area (TPSA) is 57.2 Å². The molecule has 154 valence electrons. The highest BCUT2D eigenvalue weighted by Crippen LogP contribution is 2.34. The van der Waals surface area contributed by atoms with Crippen molar-refractivity contribution in [3.05, 3.63) is 47.5 Å². The number of carbonyl (C=O) groups excluding carboxylic acids is 1. The van der Waals surface area contributed by atoms with Crippen LogP contribution in [0.5, 0.6) is 23.0 Å². The van der Waals surface area contributed by atoms with Gasteiger partial charge in [-0.05, 0) is 48.2 Å². The largest absolute Gasteiger partial charge is 0.493 e. The minimum Gasteiger partial charge on any atom is -0.493 e. The van der Waals surface area contributed by atoms with Gasteiger partial charge in [-0.15, -0.1) is 0 Å². The molecule has 0 radical (unpaired) electrons. The van der Waals surface area contributed by atoms with E-state index in [2.05, 4.69) is 0 Å². The SMILES string of the molecule is COc1ccc(CC(=O)N(Cc2ccc3c(c2)OCO3)C2CCCC2)cc1OC. The highest BCUT2D eigenvalue weighted by atomic mass is 16.7. The van der Waals surface area contributed by atoms with Crippen LogP contribution in [0.3, 0.4) is 0 Å². The Labute approximate surface area is 171 Å². The number of fused-ring (bicyclic) bond motifs is 1. The van der Waals surface area contributed by atoms with Gasteiger partial charge < -0.3 is 23.8 Å². The molecular formula is C23H27NO5. The van der Waals surface area contributed by atoms with E-state index in [0.717, 1.165) is 35.5 Å². The average Bonchev–Trinajstić information content (AvgIpc) is 3.43. The average molecular weight is 397 g/mol. The number of methoxy groups -OCH3 is 2. The van der Waals surface area contributed by atoms with E-state index < -0.39 is 0 Å². The lowest BCUT2D eigenvalue weighted by molar-refractivity contribution is -0.133. The van der Waals surface area contributed by atoms with E-state index in [0.29, 0.717) is 24.5 Å². The number of ether oxygens (including phenoxy) is 4. The zero-order valence-corrected chi connectivity index (χ0v) is 17.0.